The number of amides is 4. The van der Waals surface area contributed by atoms with Gasteiger partial charge in [-0.3, -0.25) is 19.2 Å². The van der Waals surface area contributed by atoms with E-state index in [4.69, 9.17) is 0 Å². The largest absolute Gasteiger partial charge is 0.378 e. The summed E-state index contributed by atoms with van der Waals surface area (Å²) in [5, 5.41) is 19.9. The lowest BCUT2D eigenvalue weighted by molar-refractivity contribution is -0.117. The minimum Gasteiger partial charge on any atom is -0.378 e. The van der Waals surface area contributed by atoms with E-state index >= 15 is 0 Å². The molecule has 0 aliphatic carbocycles. The molecule has 0 spiro atoms. The average molecular weight is 696 g/mol. The van der Waals surface area contributed by atoms with Gasteiger partial charge in [-0.05, 0) is 127 Å². The molecule has 264 valence electrons. The average Bonchev–Trinajstić information content (AvgIpc) is 3.11. The fourth-order valence-electron chi connectivity index (χ4n) is 4.96. The highest BCUT2D eigenvalue weighted by atomic mass is 16.2. The maximum absolute atomic E-state index is 12.9. The van der Waals surface area contributed by atoms with Crippen LogP contribution >= 0.6 is 0 Å². The Labute approximate surface area is 303 Å². The predicted octanol–water partition coefficient (Wildman–Crippen LogP) is 9.30. The molecule has 0 fully saturated rings. The highest BCUT2D eigenvalue weighted by molar-refractivity contribution is 6.07. The molecule has 5 aromatic rings. The molecule has 0 aliphatic rings. The van der Waals surface area contributed by atoms with E-state index in [2.05, 4.69) is 31.5 Å². The summed E-state index contributed by atoms with van der Waals surface area (Å²) in [6.45, 7) is 5.98. The number of carbonyl (C=O) groups excluding carboxylic acids is 4. The van der Waals surface area contributed by atoms with Crippen LogP contribution in [0.2, 0.25) is 0 Å². The molecule has 4 N–H and O–H groups in total. The maximum Gasteiger partial charge on any atom is 0.255 e. The number of hydrogen-bond donors (Lipinski definition) is 4. The van der Waals surface area contributed by atoms with Crippen molar-refractivity contribution in [2.75, 3.05) is 40.3 Å². The number of carbonyl (C=O) groups is 4. The van der Waals surface area contributed by atoms with Crippen LogP contribution in [0.1, 0.15) is 58.3 Å². The van der Waals surface area contributed by atoms with E-state index in [-0.39, 0.29) is 29.0 Å². The van der Waals surface area contributed by atoms with Crippen molar-refractivity contribution in [3.63, 3.8) is 0 Å². The Morgan fingerprint density at radius 3 is 1.13 bits per heavy atom. The zero-order chi connectivity index (χ0) is 37.3. The van der Waals surface area contributed by atoms with Crippen molar-refractivity contribution >= 4 is 63.4 Å². The fourth-order valence-corrected chi connectivity index (χ4v) is 4.96. The molecule has 5 rings (SSSR count). The van der Waals surface area contributed by atoms with Crippen LogP contribution in [0.5, 0.6) is 0 Å². The zero-order valence-corrected chi connectivity index (χ0v) is 29.7. The summed E-state index contributed by atoms with van der Waals surface area (Å²) in [6, 6.07) is 34.5. The van der Waals surface area contributed by atoms with Gasteiger partial charge in [0.2, 0.25) is 5.91 Å². The topological polar surface area (TPSA) is 144 Å². The summed E-state index contributed by atoms with van der Waals surface area (Å²) in [7, 11) is 3.95. The van der Waals surface area contributed by atoms with Gasteiger partial charge in [0.05, 0.1) is 11.4 Å². The number of hydrogen-bond acceptors (Lipinski definition) is 7. The Morgan fingerprint density at radius 1 is 0.481 bits per heavy atom. The molecule has 0 atom stereocenters. The third-order valence-electron chi connectivity index (χ3n) is 7.70. The van der Waals surface area contributed by atoms with E-state index in [1.807, 2.05) is 64.0 Å². The Balaban J connectivity index is 1.08. The second-order valence-electron chi connectivity index (χ2n) is 13.5. The normalized spacial score (nSPS) is 11.1. The third kappa shape index (κ3) is 10.7. The van der Waals surface area contributed by atoms with Crippen LogP contribution < -0.4 is 26.2 Å². The van der Waals surface area contributed by atoms with Crippen LogP contribution in [0, 0.1) is 5.41 Å². The highest BCUT2D eigenvalue weighted by Crippen LogP contribution is 2.23. The number of nitrogens with zero attached hydrogens (tertiary/aromatic N) is 3. The van der Waals surface area contributed by atoms with E-state index in [0.29, 0.717) is 51.5 Å². The van der Waals surface area contributed by atoms with Gasteiger partial charge in [-0.2, -0.15) is 10.2 Å². The van der Waals surface area contributed by atoms with Crippen LogP contribution in [-0.2, 0) is 4.79 Å². The first-order valence-corrected chi connectivity index (χ1v) is 16.6. The van der Waals surface area contributed by atoms with E-state index in [1.165, 1.54) is 0 Å². The summed E-state index contributed by atoms with van der Waals surface area (Å²) in [6.07, 6.45) is 0.385. The Hall–Kier alpha value is -6.62. The number of anilines is 5. The summed E-state index contributed by atoms with van der Waals surface area (Å²) >= 11 is 0. The van der Waals surface area contributed by atoms with Crippen molar-refractivity contribution in [2.24, 2.45) is 15.6 Å². The number of rotatable bonds is 11. The zero-order valence-electron chi connectivity index (χ0n) is 29.7. The molecular formula is C41H41N7O4. The van der Waals surface area contributed by atoms with E-state index < -0.39 is 0 Å². The lowest BCUT2D eigenvalue weighted by atomic mass is 9.92. The first kappa shape index (κ1) is 36.7. The summed E-state index contributed by atoms with van der Waals surface area (Å²) in [4.78, 5) is 52.7. The van der Waals surface area contributed by atoms with Gasteiger partial charge in [0.25, 0.3) is 17.7 Å². The summed E-state index contributed by atoms with van der Waals surface area (Å²) in [5.74, 6) is -1.03. The molecule has 0 saturated carbocycles. The third-order valence-corrected chi connectivity index (χ3v) is 7.70. The van der Waals surface area contributed by atoms with Crippen molar-refractivity contribution in [3.8, 4) is 0 Å². The van der Waals surface area contributed by atoms with Crippen LogP contribution in [0.15, 0.2) is 132 Å². The van der Waals surface area contributed by atoms with Crippen molar-refractivity contribution in [2.45, 2.75) is 27.2 Å². The van der Waals surface area contributed by atoms with Gasteiger partial charge in [-0.25, -0.2) is 0 Å². The molecule has 0 saturated heterocycles. The van der Waals surface area contributed by atoms with Crippen LogP contribution in [0.3, 0.4) is 0 Å². The Kier molecular flexibility index (Phi) is 11.6. The quantitative estimate of drug-likeness (QED) is 0.102. The van der Waals surface area contributed by atoms with Gasteiger partial charge >= 0.3 is 0 Å². The molecule has 0 aromatic heterocycles. The molecule has 11 nitrogen and oxygen atoms in total. The first-order chi connectivity index (χ1) is 24.8. The van der Waals surface area contributed by atoms with Gasteiger partial charge in [-0.15, -0.1) is 0 Å². The van der Waals surface area contributed by atoms with E-state index in [9.17, 15) is 19.2 Å². The van der Waals surface area contributed by atoms with Gasteiger partial charge in [0.15, 0.2) is 0 Å². The number of nitrogens with one attached hydrogen (secondary N) is 4. The molecule has 0 heterocycles. The molecule has 0 radical (unpaired) electrons. The molecule has 0 unspecified atom stereocenters. The molecule has 4 amide bonds. The van der Waals surface area contributed by atoms with E-state index in [0.717, 1.165) is 11.4 Å². The van der Waals surface area contributed by atoms with Crippen LogP contribution in [0.4, 0.5) is 39.8 Å². The molecular weight excluding hydrogens is 654 g/mol. The standard InChI is InChI=1S/C41H41N7O4/c1-41(2,3)26-37(49)42-30-12-6-27(7-13-30)38(50)43-31-14-8-28(9-15-31)39(51)44-32-18-20-33(21-19-32)45-40(52)29-10-16-34(17-11-29)46-47-35-22-24-36(25-23-35)48(4)5/h6-25H,26H2,1-5H3,(H,42,49)(H,43,50)(H,44,51)(H,45,52)/b47-46+. The Morgan fingerprint density at radius 2 is 0.788 bits per heavy atom. The number of azo groups is 1. The first-order valence-electron chi connectivity index (χ1n) is 16.6. The van der Waals surface area contributed by atoms with Crippen LogP contribution in [0.25, 0.3) is 0 Å². The van der Waals surface area contributed by atoms with Crippen LogP contribution in [-0.4, -0.2) is 37.7 Å². The lowest BCUT2D eigenvalue weighted by Crippen LogP contribution is -2.19. The lowest BCUT2D eigenvalue weighted by Gasteiger charge is -2.17. The number of benzene rings is 5. The molecule has 5 aromatic carbocycles. The van der Waals surface area contributed by atoms with Crippen molar-refractivity contribution in [3.05, 3.63) is 138 Å². The fraction of sp³-hybridized carbons (Fsp3) is 0.171. The minimum absolute atomic E-state index is 0.0866. The summed E-state index contributed by atoms with van der Waals surface area (Å²) in [5.41, 5.74) is 5.82. The predicted molar refractivity (Wildman–Crippen MR) is 207 cm³/mol. The smallest absolute Gasteiger partial charge is 0.255 e. The van der Waals surface area contributed by atoms with E-state index in [1.54, 1.807) is 97.1 Å². The molecule has 11 heteroatoms. The molecule has 0 aliphatic heterocycles. The van der Waals surface area contributed by atoms with Gasteiger partial charge < -0.3 is 26.2 Å². The SMILES string of the molecule is CN(C)c1ccc(/N=N/c2ccc(C(=O)Nc3ccc(NC(=O)c4ccc(NC(=O)c5ccc(NC(=O)CC(C)(C)C)cc5)cc4)cc3)cc2)cc1. The Bertz CT molecular complexity index is 2050. The molecule has 0 bridgehead atoms. The monoisotopic (exact) mass is 695 g/mol. The van der Waals surface area contributed by atoms with Crippen molar-refractivity contribution in [1.29, 1.82) is 0 Å². The van der Waals surface area contributed by atoms with Crippen molar-refractivity contribution in [1.82, 2.24) is 0 Å². The van der Waals surface area contributed by atoms with Gasteiger partial charge in [0.1, 0.15) is 0 Å². The second-order valence-corrected chi connectivity index (χ2v) is 13.5. The van der Waals surface area contributed by atoms with Gasteiger partial charge in [0, 0.05) is 65.6 Å². The highest BCUT2D eigenvalue weighted by Gasteiger charge is 2.16. The maximum atomic E-state index is 12.9. The minimum atomic E-state index is -0.332. The van der Waals surface area contributed by atoms with Crippen molar-refractivity contribution < 1.29 is 19.2 Å². The van der Waals surface area contributed by atoms with Gasteiger partial charge in [-0.1, -0.05) is 20.8 Å². The molecule has 52 heavy (non-hydrogen) atoms. The second kappa shape index (κ2) is 16.4. The summed E-state index contributed by atoms with van der Waals surface area (Å²) < 4.78 is 0.